The summed E-state index contributed by atoms with van der Waals surface area (Å²) in [6.45, 7) is 4.99. The van der Waals surface area contributed by atoms with Gasteiger partial charge < -0.3 is 9.64 Å². The lowest BCUT2D eigenvalue weighted by molar-refractivity contribution is -0.0586. The highest BCUT2D eigenvalue weighted by molar-refractivity contribution is 6.15. The number of carbonyl (C=O) groups is 2. The summed E-state index contributed by atoms with van der Waals surface area (Å²) in [6, 6.07) is 16.1. The first-order valence-corrected chi connectivity index (χ1v) is 8.19. The van der Waals surface area contributed by atoms with Gasteiger partial charge in [-0.25, -0.2) is 0 Å². The van der Waals surface area contributed by atoms with Gasteiger partial charge in [0.15, 0.2) is 5.78 Å². The van der Waals surface area contributed by atoms with Gasteiger partial charge in [-0.1, -0.05) is 48.5 Å². The first-order chi connectivity index (χ1) is 11.6. The van der Waals surface area contributed by atoms with Crippen LogP contribution in [0.3, 0.4) is 0 Å². The van der Waals surface area contributed by atoms with Crippen molar-refractivity contribution in [2.45, 2.75) is 26.1 Å². The second-order valence-corrected chi connectivity index (χ2v) is 6.21. The Morgan fingerprint density at radius 2 is 1.42 bits per heavy atom. The van der Waals surface area contributed by atoms with Crippen LogP contribution in [-0.4, -0.2) is 41.9 Å². The number of ketones is 1. The second-order valence-electron chi connectivity index (χ2n) is 6.21. The molecule has 0 bridgehead atoms. The van der Waals surface area contributed by atoms with Crippen LogP contribution in [-0.2, 0) is 4.74 Å². The van der Waals surface area contributed by atoms with Crippen molar-refractivity contribution in [1.82, 2.24) is 4.90 Å². The van der Waals surface area contributed by atoms with Crippen molar-refractivity contribution < 1.29 is 14.3 Å². The summed E-state index contributed by atoms with van der Waals surface area (Å²) in [7, 11) is 0. The van der Waals surface area contributed by atoms with E-state index in [4.69, 9.17) is 4.74 Å². The van der Waals surface area contributed by atoms with Crippen LogP contribution in [0.1, 0.15) is 40.1 Å². The minimum Gasteiger partial charge on any atom is -0.372 e. The summed E-state index contributed by atoms with van der Waals surface area (Å²) < 4.78 is 5.69. The molecule has 1 amide bonds. The molecular formula is C20H21NO3. The van der Waals surface area contributed by atoms with Gasteiger partial charge in [0.25, 0.3) is 5.91 Å². The highest BCUT2D eigenvalue weighted by atomic mass is 16.5. The number of rotatable bonds is 3. The van der Waals surface area contributed by atoms with Crippen molar-refractivity contribution in [3.05, 3.63) is 71.3 Å². The van der Waals surface area contributed by atoms with E-state index >= 15 is 0 Å². The normalized spacial score (nSPS) is 20.7. The van der Waals surface area contributed by atoms with Gasteiger partial charge in [-0.15, -0.1) is 0 Å². The number of carbonyl (C=O) groups excluding carboxylic acids is 2. The smallest absolute Gasteiger partial charge is 0.254 e. The van der Waals surface area contributed by atoms with E-state index in [1.807, 2.05) is 32.0 Å². The maximum Gasteiger partial charge on any atom is 0.254 e. The van der Waals surface area contributed by atoms with Crippen molar-refractivity contribution >= 4 is 11.7 Å². The Hall–Kier alpha value is -2.46. The minimum atomic E-state index is -0.131. The number of amides is 1. The Kier molecular flexibility index (Phi) is 4.76. The number of morpholine rings is 1. The van der Waals surface area contributed by atoms with Crippen LogP contribution >= 0.6 is 0 Å². The van der Waals surface area contributed by atoms with Crippen molar-refractivity contribution in [2.24, 2.45) is 0 Å². The van der Waals surface area contributed by atoms with Gasteiger partial charge >= 0.3 is 0 Å². The zero-order valence-corrected chi connectivity index (χ0v) is 13.9. The Morgan fingerprint density at radius 1 is 0.875 bits per heavy atom. The van der Waals surface area contributed by atoms with Crippen LogP contribution in [0.4, 0.5) is 0 Å². The van der Waals surface area contributed by atoms with Crippen LogP contribution in [0.25, 0.3) is 0 Å². The molecule has 1 saturated heterocycles. The van der Waals surface area contributed by atoms with E-state index < -0.39 is 0 Å². The highest BCUT2D eigenvalue weighted by Crippen LogP contribution is 2.19. The lowest BCUT2D eigenvalue weighted by atomic mass is 9.97. The van der Waals surface area contributed by atoms with Gasteiger partial charge in [-0.3, -0.25) is 9.59 Å². The molecule has 1 fully saturated rings. The Balaban J connectivity index is 1.92. The van der Waals surface area contributed by atoms with E-state index in [1.54, 1.807) is 41.3 Å². The van der Waals surface area contributed by atoms with Crippen molar-refractivity contribution in [3.63, 3.8) is 0 Å². The van der Waals surface area contributed by atoms with Crippen LogP contribution in [0.15, 0.2) is 54.6 Å². The lowest BCUT2D eigenvalue weighted by Gasteiger charge is -2.35. The summed E-state index contributed by atoms with van der Waals surface area (Å²) in [5.74, 6) is -0.245. The maximum absolute atomic E-state index is 13.0. The first kappa shape index (κ1) is 16.4. The third kappa shape index (κ3) is 3.39. The standard InChI is InChI=1S/C20H21NO3/c1-14-12-21(13-15(2)24-14)20(23)18-11-7-6-10-17(18)19(22)16-8-4-3-5-9-16/h3-11,14-15H,12-13H2,1-2H3. The molecule has 0 aromatic heterocycles. The first-order valence-electron chi connectivity index (χ1n) is 8.19. The third-order valence-electron chi connectivity index (χ3n) is 4.14. The van der Waals surface area contributed by atoms with Gasteiger partial charge in [-0.05, 0) is 19.9 Å². The summed E-state index contributed by atoms with van der Waals surface area (Å²) in [6.07, 6.45) is -0.00984. The zero-order valence-electron chi connectivity index (χ0n) is 13.9. The number of ether oxygens (including phenoxy) is 1. The molecule has 0 spiro atoms. The van der Waals surface area contributed by atoms with Crippen molar-refractivity contribution in [3.8, 4) is 0 Å². The largest absolute Gasteiger partial charge is 0.372 e. The molecule has 0 saturated carbocycles. The number of hydrogen-bond donors (Lipinski definition) is 0. The van der Waals surface area contributed by atoms with Crippen LogP contribution < -0.4 is 0 Å². The number of nitrogens with zero attached hydrogens (tertiary/aromatic N) is 1. The van der Waals surface area contributed by atoms with Gasteiger partial charge in [0.1, 0.15) is 0 Å². The fourth-order valence-electron chi connectivity index (χ4n) is 3.13. The molecule has 4 nitrogen and oxygen atoms in total. The molecule has 2 aromatic carbocycles. The second kappa shape index (κ2) is 6.97. The topological polar surface area (TPSA) is 46.6 Å². The Bertz CT molecular complexity index is 732. The van der Waals surface area contributed by atoms with Gasteiger partial charge in [0, 0.05) is 24.2 Å². The summed E-state index contributed by atoms with van der Waals surface area (Å²) in [5, 5.41) is 0. The summed E-state index contributed by atoms with van der Waals surface area (Å²) in [5.41, 5.74) is 1.48. The van der Waals surface area contributed by atoms with Crippen LogP contribution in [0.2, 0.25) is 0 Å². The molecule has 2 aromatic rings. The fraction of sp³-hybridized carbons (Fsp3) is 0.300. The monoisotopic (exact) mass is 323 g/mol. The molecule has 0 aliphatic carbocycles. The molecular weight excluding hydrogens is 302 g/mol. The molecule has 124 valence electrons. The van der Waals surface area contributed by atoms with E-state index in [-0.39, 0.29) is 23.9 Å². The Morgan fingerprint density at radius 3 is 2.04 bits per heavy atom. The van der Waals surface area contributed by atoms with E-state index in [2.05, 4.69) is 0 Å². The fourth-order valence-corrected chi connectivity index (χ4v) is 3.13. The highest BCUT2D eigenvalue weighted by Gasteiger charge is 2.28. The number of hydrogen-bond acceptors (Lipinski definition) is 3. The summed E-state index contributed by atoms with van der Waals surface area (Å²) >= 11 is 0. The SMILES string of the molecule is CC1CN(C(=O)c2ccccc2C(=O)c2ccccc2)CC(C)O1. The molecule has 24 heavy (non-hydrogen) atoms. The molecule has 1 aliphatic rings. The van der Waals surface area contributed by atoms with Crippen molar-refractivity contribution in [1.29, 1.82) is 0 Å². The molecule has 0 radical (unpaired) electrons. The van der Waals surface area contributed by atoms with E-state index in [9.17, 15) is 9.59 Å². The average molecular weight is 323 g/mol. The molecule has 3 rings (SSSR count). The molecule has 0 N–H and O–H groups in total. The van der Waals surface area contributed by atoms with E-state index in [1.165, 1.54) is 0 Å². The predicted octanol–water partition coefficient (Wildman–Crippen LogP) is 3.17. The number of benzene rings is 2. The minimum absolute atomic E-state index is 0.00492. The van der Waals surface area contributed by atoms with Crippen LogP contribution in [0, 0.1) is 0 Å². The van der Waals surface area contributed by atoms with Gasteiger partial charge in [0.05, 0.1) is 17.8 Å². The quantitative estimate of drug-likeness (QED) is 0.815. The molecule has 2 unspecified atom stereocenters. The average Bonchev–Trinajstić information content (AvgIpc) is 2.60. The van der Waals surface area contributed by atoms with Gasteiger partial charge in [0.2, 0.25) is 0 Å². The van der Waals surface area contributed by atoms with Gasteiger partial charge in [-0.2, -0.15) is 0 Å². The Labute approximate surface area is 142 Å². The van der Waals surface area contributed by atoms with E-state index in [0.717, 1.165) is 0 Å². The molecule has 4 heteroatoms. The van der Waals surface area contributed by atoms with E-state index in [0.29, 0.717) is 29.8 Å². The zero-order chi connectivity index (χ0) is 17.1. The molecule has 2 atom stereocenters. The van der Waals surface area contributed by atoms with Crippen molar-refractivity contribution in [2.75, 3.05) is 13.1 Å². The molecule has 1 heterocycles. The van der Waals surface area contributed by atoms with Crippen LogP contribution in [0.5, 0.6) is 0 Å². The maximum atomic E-state index is 13.0. The predicted molar refractivity (Wildman–Crippen MR) is 92.2 cm³/mol. The lowest BCUT2D eigenvalue weighted by Crippen LogP contribution is -2.48. The molecule has 1 aliphatic heterocycles. The third-order valence-corrected chi connectivity index (χ3v) is 4.14. The summed E-state index contributed by atoms with van der Waals surface area (Å²) in [4.78, 5) is 27.5.